The van der Waals surface area contributed by atoms with Crippen LogP contribution in [0.2, 0.25) is 0 Å². The van der Waals surface area contributed by atoms with Crippen LogP contribution in [0.4, 0.5) is 5.95 Å². The Morgan fingerprint density at radius 1 is 1.23 bits per heavy atom. The molecule has 0 spiro atoms. The van der Waals surface area contributed by atoms with Gasteiger partial charge in [0.05, 0.1) is 11.4 Å². The van der Waals surface area contributed by atoms with Crippen molar-refractivity contribution in [2.45, 2.75) is 33.2 Å². The van der Waals surface area contributed by atoms with Gasteiger partial charge in [0, 0.05) is 35.0 Å². The third-order valence-electron chi connectivity index (χ3n) is 3.94. The van der Waals surface area contributed by atoms with E-state index >= 15 is 0 Å². The normalized spacial score (nSPS) is 12.0. The molecule has 26 heavy (non-hydrogen) atoms. The average molecular weight is 350 g/mol. The minimum atomic E-state index is -0.134. The van der Waals surface area contributed by atoms with Crippen molar-refractivity contribution in [3.63, 3.8) is 0 Å². The zero-order chi connectivity index (χ0) is 18.7. The maximum Gasteiger partial charge on any atom is 0.251 e. The molecule has 0 aliphatic carbocycles. The van der Waals surface area contributed by atoms with Crippen LogP contribution in [0.5, 0.6) is 0 Å². The summed E-state index contributed by atoms with van der Waals surface area (Å²) in [4.78, 5) is 20.9. The van der Waals surface area contributed by atoms with Crippen molar-refractivity contribution in [2.24, 2.45) is 0 Å². The lowest BCUT2D eigenvalue weighted by atomic mass is 10.1. The van der Waals surface area contributed by atoms with E-state index in [0.717, 1.165) is 22.6 Å². The highest BCUT2D eigenvalue weighted by Gasteiger charge is 2.13. The Bertz CT molecular complexity index is 913. The molecule has 2 heterocycles. The Labute approximate surface area is 152 Å². The van der Waals surface area contributed by atoms with Crippen molar-refractivity contribution in [3.8, 4) is 11.3 Å². The van der Waals surface area contributed by atoms with Crippen molar-refractivity contribution in [1.29, 1.82) is 0 Å². The first-order chi connectivity index (χ1) is 12.4. The summed E-state index contributed by atoms with van der Waals surface area (Å²) in [5.74, 6) is 0.0862. The third-order valence-corrected chi connectivity index (χ3v) is 3.94. The van der Waals surface area contributed by atoms with E-state index in [4.69, 9.17) is 5.73 Å². The summed E-state index contributed by atoms with van der Waals surface area (Å²) in [5.41, 5.74) is 10.5. The fourth-order valence-electron chi connectivity index (χ4n) is 2.81. The van der Waals surface area contributed by atoms with Gasteiger partial charge in [-0.2, -0.15) is 5.10 Å². The number of aromatic amines is 1. The fraction of sp³-hybridized carbons (Fsp3) is 0.263. The fourth-order valence-corrected chi connectivity index (χ4v) is 2.81. The van der Waals surface area contributed by atoms with Crippen molar-refractivity contribution in [2.75, 3.05) is 5.73 Å². The van der Waals surface area contributed by atoms with Gasteiger partial charge in [-0.15, -0.1) is 0 Å². The topological polar surface area (TPSA) is 110 Å². The second-order valence-electron chi connectivity index (χ2n) is 6.45. The standard InChI is InChI=1S/C19H22N6O/c1-11(7-16-8-13(3)24-25-16)21-18(26)15-6-4-5-14(10-15)17-9-12(2)22-19(20)23-17/h4-6,8-11H,7H2,1-3H3,(H,21,26)(H,24,25)(H2,20,22,23)/t11-/m0/s1. The van der Waals surface area contributed by atoms with Crippen molar-refractivity contribution in [3.05, 3.63) is 59.0 Å². The lowest BCUT2D eigenvalue weighted by Crippen LogP contribution is -2.34. The number of benzene rings is 1. The molecule has 0 aliphatic heterocycles. The van der Waals surface area contributed by atoms with Crippen LogP contribution in [0, 0.1) is 13.8 Å². The van der Waals surface area contributed by atoms with E-state index < -0.39 is 0 Å². The van der Waals surface area contributed by atoms with E-state index in [0.29, 0.717) is 17.7 Å². The SMILES string of the molecule is Cc1cc(-c2cccc(C(=O)N[C@@H](C)Cc3cc(C)[nH]n3)c2)nc(N)n1. The third kappa shape index (κ3) is 4.24. The van der Waals surface area contributed by atoms with Gasteiger partial charge in [0.1, 0.15) is 0 Å². The van der Waals surface area contributed by atoms with Crippen LogP contribution < -0.4 is 11.1 Å². The molecule has 0 aliphatic rings. The molecular weight excluding hydrogens is 328 g/mol. The zero-order valence-corrected chi connectivity index (χ0v) is 15.1. The molecule has 0 fully saturated rings. The number of H-pyrrole nitrogens is 1. The molecule has 7 heteroatoms. The summed E-state index contributed by atoms with van der Waals surface area (Å²) in [7, 11) is 0. The van der Waals surface area contributed by atoms with E-state index in [-0.39, 0.29) is 17.9 Å². The Morgan fingerprint density at radius 2 is 2.04 bits per heavy atom. The first-order valence-corrected chi connectivity index (χ1v) is 8.44. The number of nitrogens with two attached hydrogens (primary N) is 1. The summed E-state index contributed by atoms with van der Waals surface area (Å²) in [5, 5.41) is 10.1. The second kappa shape index (κ2) is 7.35. The number of amides is 1. The van der Waals surface area contributed by atoms with Crippen LogP contribution in [0.3, 0.4) is 0 Å². The van der Waals surface area contributed by atoms with Crippen LogP contribution in [0.25, 0.3) is 11.3 Å². The van der Waals surface area contributed by atoms with Crippen LogP contribution in [-0.2, 0) is 6.42 Å². The minimum absolute atomic E-state index is 0.0363. The summed E-state index contributed by atoms with van der Waals surface area (Å²) in [6.07, 6.45) is 0.664. The largest absolute Gasteiger partial charge is 0.368 e. The maximum atomic E-state index is 12.6. The monoisotopic (exact) mass is 350 g/mol. The van der Waals surface area contributed by atoms with Crippen LogP contribution in [0.15, 0.2) is 36.4 Å². The lowest BCUT2D eigenvalue weighted by Gasteiger charge is -2.13. The summed E-state index contributed by atoms with van der Waals surface area (Å²) in [6.45, 7) is 5.77. The predicted octanol–water partition coefficient (Wildman–Crippen LogP) is 2.43. The maximum absolute atomic E-state index is 12.6. The highest BCUT2D eigenvalue weighted by molar-refractivity contribution is 5.95. The van der Waals surface area contributed by atoms with Gasteiger partial charge in [-0.05, 0) is 45.0 Å². The Kier molecular flexibility index (Phi) is 4.97. The first kappa shape index (κ1) is 17.6. The van der Waals surface area contributed by atoms with Gasteiger partial charge in [0.15, 0.2) is 0 Å². The lowest BCUT2D eigenvalue weighted by molar-refractivity contribution is 0.0940. The molecular formula is C19H22N6O. The summed E-state index contributed by atoms with van der Waals surface area (Å²) < 4.78 is 0. The Hall–Kier alpha value is -3.22. The van der Waals surface area contributed by atoms with Crippen molar-refractivity contribution in [1.82, 2.24) is 25.5 Å². The number of nitrogen functional groups attached to an aromatic ring is 1. The molecule has 0 radical (unpaired) electrons. The number of aromatic nitrogens is 4. The number of carbonyl (C=O) groups excluding carboxylic acids is 1. The van der Waals surface area contributed by atoms with E-state index in [1.54, 1.807) is 6.07 Å². The molecule has 7 nitrogen and oxygen atoms in total. The number of carbonyl (C=O) groups is 1. The number of nitrogens with one attached hydrogen (secondary N) is 2. The molecule has 1 amide bonds. The molecule has 1 atom stereocenters. The minimum Gasteiger partial charge on any atom is -0.368 e. The quantitative estimate of drug-likeness (QED) is 0.655. The van der Waals surface area contributed by atoms with Crippen LogP contribution in [0.1, 0.15) is 34.4 Å². The molecule has 0 bridgehead atoms. The van der Waals surface area contributed by atoms with Gasteiger partial charge in [0.2, 0.25) is 5.95 Å². The Morgan fingerprint density at radius 3 is 2.73 bits per heavy atom. The van der Waals surface area contributed by atoms with Gasteiger partial charge >= 0.3 is 0 Å². The van der Waals surface area contributed by atoms with Gasteiger partial charge in [-0.25, -0.2) is 9.97 Å². The number of hydrogen-bond acceptors (Lipinski definition) is 5. The van der Waals surface area contributed by atoms with E-state index in [1.165, 1.54) is 0 Å². The molecule has 3 rings (SSSR count). The molecule has 3 aromatic rings. The second-order valence-corrected chi connectivity index (χ2v) is 6.45. The molecule has 1 aromatic carbocycles. The molecule has 0 unspecified atom stereocenters. The molecule has 2 aromatic heterocycles. The number of rotatable bonds is 5. The zero-order valence-electron chi connectivity index (χ0n) is 15.1. The van der Waals surface area contributed by atoms with Gasteiger partial charge < -0.3 is 11.1 Å². The number of anilines is 1. The van der Waals surface area contributed by atoms with Crippen LogP contribution in [-0.4, -0.2) is 32.1 Å². The van der Waals surface area contributed by atoms with Gasteiger partial charge in [0.25, 0.3) is 5.91 Å². The summed E-state index contributed by atoms with van der Waals surface area (Å²) >= 11 is 0. The Balaban J connectivity index is 1.73. The van der Waals surface area contributed by atoms with E-state index in [9.17, 15) is 4.79 Å². The molecule has 0 saturated heterocycles. The van der Waals surface area contributed by atoms with E-state index in [1.807, 2.05) is 51.1 Å². The number of aryl methyl sites for hydroxylation is 2. The highest BCUT2D eigenvalue weighted by Crippen LogP contribution is 2.20. The molecule has 4 N–H and O–H groups in total. The molecule has 134 valence electrons. The summed E-state index contributed by atoms with van der Waals surface area (Å²) in [6, 6.07) is 11.1. The number of nitrogens with zero attached hydrogens (tertiary/aromatic N) is 3. The smallest absolute Gasteiger partial charge is 0.251 e. The van der Waals surface area contributed by atoms with Crippen LogP contribution >= 0.6 is 0 Å². The van der Waals surface area contributed by atoms with Crippen molar-refractivity contribution < 1.29 is 4.79 Å². The number of hydrogen-bond donors (Lipinski definition) is 3. The van der Waals surface area contributed by atoms with Gasteiger partial charge in [-0.3, -0.25) is 9.89 Å². The molecule has 0 saturated carbocycles. The average Bonchev–Trinajstić information content (AvgIpc) is 2.98. The van der Waals surface area contributed by atoms with Gasteiger partial charge in [-0.1, -0.05) is 12.1 Å². The van der Waals surface area contributed by atoms with E-state index in [2.05, 4.69) is 25.5 Å². The van der Waals surface area contributed by atoms with Crippen molar-refractivity contribution >= 4 is 11.9 Å². The highest BCUT2D eigenvalue weighted by atomic mass is 16.1. The first-order valence-electron chi connectivity index (χ1n) is 8.44. The predicted molar refractivity (Wildman–Crippen MR) is 101 cm³/mol.